The van der Waals surface area contributed by atoms with Crippen LogP contribution in [-0.4, -0.2) is 30.9 Å². The second-order valence-electron chi connectivity index (χ2n) is 3.39. The summed E-state index contributed by atoms with van der Waals surface area (Å²) in [6.45, 7) is 6.29. The van der Waals surface area contributed by atoms with Gasteiger partial charge < -0.3 is 14.8 Å². The largest absolute Gasteiger partial charge is 0.354 e. The monoisotopic (exact) mass is 173 g/mol. The van der Waals surface area contributed by atoms with E-state index < -0.39 is 5.79 Å². The summed E-state index contributed by atoms with van der Waals surface area (Å²) < 4.78 is 10.8. The van der Waals surface area contributed by atoms with Gasteiger partial charge in [-0.05, 0) is 13.8 Å². The van der Waals surface area contributed by atoms with Gasteiger partial charge in [-0.3, -0.25) is 4.79 Å². The van der Waals surface area contributed by atoms with E-state index in [1.54, 1.807) is 0 Å². The lowest BCUT2D eigenvalue weighted by atomic mass is 10.3. The molecule has 0 aromatic rings. The van der Waals surface area contributed by atoms with Crippen molar-refractivity contribution in [3.63, 3.8) is 0 Å². The highest BCUT2D eigenvalue weighted by molar-refractivity contribution is 5.72. The number of nitrogens with one attached hydrogen (secondary N) is 1. The number of ether oxygens (including phenoxy) is 2. The lowest BCUT2D eigenvalue weighted by Gasteiger charge is -2.16. The fraction of sp³-hybridized carbons (Fsp3) is 0.875. The standard InChI is InChI=1S/C8H15NO3/c1-6(10)9-4-7-5-11-8(2,3)12-7/h7H,4-5H2,1-3H3,(H,9,10). The average molecular weight is 173 g/mol. The van der Waals surface area contributed by atoms with Crippen LogP contribution < -0.4 is 5.32 Å². The molecule has 4 heteroatoms. The zero-order chi connectivity index (χ0) is 9.19. The Labute approximate surface area is 72.2 Å². The van der Waals surface area contributed by atoms with Crippen LogP contribution in [0.1, 0.15) is 20.8 Å². The Morgan fingerprint density at radius 3 is 2.75 bits per heavy atom. The summed E-state index contributed by atoms with van der Waals surface area (Å²) in [4.78, 5) is 10.6. The minimum atomic E-state index is -0.497. The number of carbonyl (C=O) groups excluding carboxylic acids is 1. The van der Waals surface area contributed by atoms with E-state index in [2.05, 4.69) is 5.32 Å². The third-order valence-corrected chi connectivity index (χ3v) is 1.65. The molecule has 1 atom stereocenters. The van der Waals surface area contributed by atoms with E-state index in [4.69, 9.17) is 9.47 Å². The van der Waals surface area contributed by atoms with Crippen molar-refractivity contribution < 1.29 is 14.3 Å². The zero-order valence-electron chi connectivity index (χ0n) is 7.72. The first-order valence-electron chi connectivity index (χ1n) is 4.06. The maximum atomic E-state index is 10.6. The van der Waals surface area contributed by atoms with E-state index in [1.807, 2.05) is 13.8 Å². The number of carbonyl (C=O) groups is 1. The highest BCUT2D eigenvalue weighted by Crippen LogP contribution is 2.21. The highest BCUT2D eigenvalue weighted by Gasteiger charge is 2.32. The quantitative estimate of drug-likeness (QED) is 0.652. The Morgan fingerprint density at radius 2 is 2.33 bits per heavy atom. The molecule has 0 spiro atoms. The molecule has 1 unspecified atom stereocenters. The van der Waals surface area contributed by atoms with Crippen LogP contribution in [-0.2, 0) is 14.3 Å². The van der Waals surface area contributed by atoms with Crippen LogP contribution in [0.25, 0.3) is 0 Å². The first kappa shape index (κ1) is 9.48. The van der Waals surface area contributed by atoms with Gasteiger partial charge in [-0.15, -0.1) is 0 Å². The summed E-state index contributed by atoms with van der Waals surface area (Å²) in [5.74, 6) is -0.535. The second-order valence-corrected chi connectivity index (χ2v) is 3.39. The molecule has 0 aromatic heterocycles. The molecule has 1 aliphatic rings. The molecule has 0 radical (unpaired) electrons. The molecule has 12 heavy (non-hydrogen) atoms. The first-order chi connectivity index (χ1) is 5.49. The highest BCUT2D eigenvalue weighted by atomic mass is 16.7. The number of rotatable bonds is 2. The van der Waals surface area contributed by atoms with E-state index in [-0.39, 0.29) is 12.0 Å². The molecule has 1 heterocycles. The maximum Gasteiger partial charge on any atom is 0.216 e. The van der Waals surface area contributed by atoms with Crippen molar-refractivity contribution in [2.45, 2.75) is 32.7 Å². The molecule has 1 aliphatic heterocycles. The van der Waals surface area contributed by atoms with E-state index >= 15 is 0 Å². The molecule has 4 nitrogen and oxygen atoms in total. The molecule has 1 amide bonds. The molecule has 1 saturated heterocycles. The molecule has 0 saturated carbocycles. The minimum absolute atomic E-state index is 0.0103. The van der Waals surface area contributed by atoms with Crippen molar-refractivity contribution in [2.24, 2.45) is 0 Å². The molecule has 70 valence electrons. The summed E-state index contributed by atoms with van der Waals surface area (Å²) in [5.41, 5.74) is 0. The van der Waals surface area contributed by atoms with Gasteiger partial charge in [-0.1, -0.05) is 0 Å². The third-order valence-electron chi connectivity index (χ3n) is 1.65. The van der Waals surface area contributed by atoms with Gasteiger partial charge in [0.05, 0.1) is 6.61 Å². The molecule has 1 fully saturated rings. The Hall–Kier alpha value is -0.610. The van der Waals surface area contributed by atoms with Crippen LogP contribution in [0.4, 0.5) is 0 Å². The van der Waals surface area contributed by atoms with E-state index in [1.165, 1.54) is 6.92 Å². The average Bonchev–Trinajstić information content (AvgIpc) is 2.26. The SMILES string of the molecule is CC(=O)NCC1COC(C)(C)O1. The summed E-state index contributed by atoms with van der Waals surface area (Å²) in [6.07, 6.45) is -0.0103. The predicted molar refractivity (Wildman–Crippen MR) is 43.6 cm³/mol. The van der Waals surface area contributed by atoms with E-state index in [0.717, 1.165) is 0 Å². The van der Waals surface area contributed by atoms with Gasteiger partial charge >= 0.3 is 0 Å². The molecular weight excluding hydrogens is 158 g/mol. The van der Waals surface area contributed by atoms with E-state index in [0.29, 0.717) is 13.2 Å². The smallest absolute Gasteiger partial charge is 0.216 e. The Balaban J connectivity index is 2.24. The molecular formula is C8H15NO3. The fourth-order valence-corrected chi connectivity index (χ4v) is 1.12. The van der Waals surface area contributed by atoms with Gasteiger partial charge in [0.2, 0.25) is 5.91 Å². The molecule has 0 aromatic carbocycles. The third kappa shape index (κ3) is 2.79. The number of hydrogen-bond acceptors (Lipinski definition) is 3. The van der Waals surface area contributed by atoms with E-state index in [9.17, 15) is 4.79 Å². The Bertz CT molecular complexity index is 179. The van der Waals surface area contributed by atoms with Crippen LogP contribution in [0, 0.1) is 0 Å². The number of hydrogen-bond donors (Lipinski definition) is 1. The van der Waals surface area contributed by atoms with Gasteiger partial charge in [-0.25, -0.2) is 0 Å². The van der Waals surface area contributed by atoms with Crippen molar-refractivity contribution in [3.05, 3.63) is 0 Å². The van der Waals surface area contributed by atoms with Crippen LogP contribution in [0.3, 0.4) is 0 Å². The van der Waals surface area contributed by atoms with Crippen LogP contribution >= 0.6 is 0 Å². The molecule has 1 rings (SSSR count). The summed E-state index contributed by atoms with van der Waals surface area (Å²) in [6, 6.07) is 0. The van der Waals surface area contributed by atoms with Gasteiger partial charge in [-0.2, -0.15) is 0 Å². The molecule has 0 bridgehead atoms. The molecule has 0 aliphatic carbocycles. The fourth-order valence-electron chi connectivity index (χ4n) is 1.12. The summed E-state index contributed by atoms with van der Waals surface area (Å²) in [5, 5.41) is 2.68. The lowest BCUT2D eigenvalue weighted by Crippen LogP contribution is -2.32. The zero-order valence-corrected chi connectivity index (χ0v) is 7.72. The second kappa shape index (κ2) is 3.41. The van der Waals surface area contributed by atoms with Gasteiger partial charge in [0.15, 0.2) is 5.79 Å². The summed E-state index contributed by atoms with van der Waals surface area (Å²) >= 11 is 0. The number of amides is 1. The minimum Gasteiger partial charge on any atom is -0.354 e. The summed E-state index contributed by atoms with van der Waals surface area (Å²) in [7, 11) is 0. The first-order valence-corrected chi connectivity index (χ1v) is 4.06. The van der Waals surface area contributed by atoms with Crippen molar-refractivity contribution >= 4 is 5.91 Å². The van der Waals surface area contributed by atoms with Crippen LogP contribution in [0.5, 0.6) is 0 Å². The maximum absolute atomic E-state index is 10.6. The van der Waals surface area contributed by atoms with Crippen LogP contribution in [0.2, 0.25) is 0 Å². The van der Waals surface area contributed by atoms with Gasteiger partial charge in [0.1, 0.15) is 6.10 Å². The van der Waals surface area contributed by atoms with Crippen LogP contribution in [0.15, 0.2) is 0 Å². The lowest BCUT2D eigenvalue weighted by molar-refractivity contribution is -0.139. The Morgan fingerprint density at radius 1 is 1.67 bits per heavy atom. The predicted octanol–water partition coefficient (Wildman–Crippen LogP) is 0.274. The Kier molecular flexibility index (Phi) is 2.69. The van der Waals surface area contributed by atoms with Gasteiger partial charge in [0.25, 0.3) is 0 Å². The van der Waals surface area contributed by atoms with Gasteiger partial charge in [0, 0.05) is 13.5 Å². The molecule has 1 N–H and O–H groups in total. The van der Waals surface area contributed by atoms with Crippen molar-refractivity contribution in [1.82, 2.24) is 5.32 Å². The topological polar surface area (TPSA) is 47.6 Å². The van der Waals surface area contributed by atoms with Crippen molar-refractivity contribution in [3.8, 4) is 0 Å². The van der Waals surface area contributed by atoms with Crippen molar-refractivity contribution in [1.29, 1.82) is 0 Å². The normalized spacial score (nSPS) is 27.1. The van der Waals surface area contributed by atoms with Crippen molar-refractivity contribution in [2.75, 3.05) is 13.2 Å².